The van der Waals surface area contributed by atoms with Crippen molar-refractivity contribution in [3.05, 3.63) is 33.9 Å². The highest BCUT2D eigenvalue weighted by molar-refractivity contribution is 5.78. The van der Waals surface area contributed by atoms with Crippen molar-refractivity contribution in [3.8, 4) is 0 Å². The molecular formula is C14H20N4O3. The van der Waals surface area contributed by atoms with Gasteiger partial charge in [0.05, 0.1) is 11.5 Å². The fraction of sp³-hybridized carbons (Fsp3) is 0.500. The molecule has 1 aromatic rings. The van der Waals surface area contributed by atoms with Gasteiger partial charge in [-0.1, -0.05) is 6.07 Å². The maximum atomic E-state index is 11.7. The molecule has 7 nitrogen and oxygen atoms in total. The van der Waals surface area contributed by atoms with Crippen molar-refractivity contribution in [1.29, 1.82) is 0 Å². The lowest BCUT2D eigenvalue weighted by atomic mass is 10.1. The number of nitro groups is 1. The predicted molar refractivity (Wildman–Crippen MR) is 80.2 cm³/mol. The van der Waals surface area contributed by atoms with E-state index in [2.05, 4.69) is 5.32 Å². The van der Waals surface area contributed by atoms with Crippen LogP contribution in [-0.2, 0) is 11.3 Å². The van der Waals surface area contributed by atoms with Crippen LogP contribution >= 0.6 is 0 Å². The number of likely N-dealkylation sites (N-methyl/N-ethyl adjacent to an activating group) is 1. The summed E-state index contributed by atoms with van der Waals surface area (Å²) in [5.74, 6) is 0.0834. The number of anilines is 1. The Kier molecular flexibility index (Phi) is 4.74. The summed E-state index contributed by atoms with van der Waals surface area (Å²) in [6.45, 7) is 4.91. The molecule has 1 aliphatic rings. The lowest BCUT2D eigenvalue weighted by Crippen LogP contribution is -2.47. The Morgan fingerprint density at radius 3 is 2.76 bits per heavy atom. The third kappa shape index (κ3) is 3.69. The first-order chi connectivity index (χ1) is 10.0. The van der Waals surface area contributed by atoms with Crippen LogP contribution in [0.3, 0.4) is 0 Å². The number of rotatable bonds is 5. The maximum absolute atomic E-state index is 11.7. The Bertz CT molecular complexity index is 547. The molecule has 1 aromatic carbocycles. The van der Waals surface area contributed by atoms with Gasteiger partial charge in [0.25, 0.3) is 5.69 Å². The van der Waals surface area contributed by atoms with E-state index < -0.39 is 0 Å². The van der Waals surface area contributed by atoms with Crippen molar-refractivity contribution in [3.63, 3.8) is 0 Å². The molecule has 21 heavy (non-hydrogen) atoms. The Morgan fingerprint density at radius 2 is 2.14 bits per heavy atom. The van der Waals surface area contributed by atoms with Crippen LogP contribution in [0.5, 0.6) is 0 Å². The van der Waals surface area contributed by atoms with Crippen molar-refractivity contribution in [2.75, 3.05) is 38.5 Å². The molecule has 0 unspecified atom stereocenters. The average Bonchev–Trinajstić information content (AvgIpc) is 2.44. The number of hydrogen-bond donors (Lipinski definition) is 1. The van der Waals surface area contributed by atoms with E-state index in [0.29, 0.717) is 31.9 Å². The number of amides is 1. The number of nitro benzene ring substituents is 1. The number of benzene rings is 1. The Morgan fingerprint density at radius 1 is 1.38 bits per heavy atom. The second kappa shape index (κ2) is 6.53. The average molecular weight is 292 g/mol. The fourth-order valence-electron chi connectivity index (χ4n) is 2.37. The smallest absolute Gasteiger partial charge is 0.292 e. The lowest BCUT2D eigenvalue weighted by molar-refractivity contribution is -0.384. The summed E-state index contributed by atoms with van der Waals surface area (Å²) in [6, 6.07) is 5.18. The van der Waals surface area contributed by atoms with Crippen LogP contribution in [0.15, 0.2) is 18.2 Å². The first kappa shape index (κ1) is 15.2. The summed E-state index contributed by atoms with van der Waals surface area (Å²) in [4.78, 5) is 26.1. The normalized spacial score (nSPS) is 16.1. The van der Waals surface area contributed by atoms with Gasteiger partial charge < -0.3 is 10.2 Å². The minimum absolute atomic E-state index is 0.0785. The number of carbonyl (C=O) groups is 1. The topological polar surface area (TPSA) is 78.7 Å². The lowest BCUT2D eigenvalue weighted by Gasteiger charge is -2.31. The molecule has 0 bridgehead atoms. The van der Waals surface area contributed by atoms with E-state index in [-0.39, 0.29) is 16.5 Å². The molecule has 114 valence electrons. The van der Waals surface area contributed by atoms with Crippen LogP contribution in [0.25, 0.3) is 0 Å². The van der Waals surface area contributed by atoms with E-state index in [1.165, 1.54) is 0 Å². The van der Waals surface area contributed by atoms with Gasteiger partial charge in [0.1, 0.15) is 5.69 Å². The van der Waals surface area contributed by atoms with Gasteiger partial charge in [-0.15, -0.1) is 0 Å². The summed E-state index contributed by atoms with van der Waals surface area (Å²) in [7, 11) is 1.79. The molecule has 1 heterocycles. The predicted octanol–water partition coefficient (Wildman–Crippen LogP) is 1.30. The Hall–Kier alpha value is -2.15. The van der Waals surface area contributed by atoms with Crippen LogP contribution in [0.2, 0.25) is 0 Å². The molecule has 2 rings (SSSR count). The van der Waals surface area contributed by atoms with Crippen LogP contribution in [0, 0.1) is 10.1 Å². The minimum Gasteiger partial charge on any atom is -0.380 e. The van der Waals surface area contributed by atoms with Gasteiger partial charge in [-0.3, -0.25) is 19.8 Å². The van der Waals surface area contributed by atoms with Gasteiger partial charge in [0.15, 0.2) is 0 Å². The molecule has 7 heteroatoms. The minimum atomic E-state index is -0.378. The quantitative estimate of drug-likeness (QED) is 0.653. The van der Waals surface area contributed by atoms with Crippen molar-refractivity contribution >= 4 is 17.3 Å². The first-order valence-electron chi connectivity index (χ1n) is 6.98. The number of carbonyl (C=O) groups excluding carboxylic acids is 1. The molecule has 1 aliphatic heterocycles. The number of piperazine rings is 1. The highest BCUT2D eigenvalue weighted by Gasteiger charge is 2.22. The van der Waals surface area contributed by atoms with E-state index in [0.717, 1.165) is 12.1 Å². The maximum Gasteiger partial charge on any atom is 0.292 e. The molecule has 0 aromatic heterocycles. The second-order valence-electron chi connectivity index (χ2n) is 5.16. The van der Waals surface area contributed by atoms with E-state index in [9.17, 15) is 14.9 Å². The zero-order valence-electron chi connectivity index (χ0n) is 12.3. The van der Waals surface area contributed by atoms with Crippen LogP contribution in [-0.4, -0.2) is 53.9 Å². The largest absolute Gasteiger partial charge is 0.380 e. The number of nitrogens with zero attached hydrogens (tertiary/aromatic N) is 3. The van der Waals surface area contributed by atoms with Crippen molar-refractivity contribution < 1.29 is 9.72 Å². The summed E-state index contributed by atoms with van der Waals surface area (Å²) < 4.78 is 0. The van der Waals surface area contributed by atoms with Crippen molar-refractivity contribution in [2.24, 2.45) is 0 Å². The molecular weight excluding hydrogens is 272 g/mol. The van der Waals surface area contributed by atoms with Crippen LogP contribution < -0.4 is 5.32 Å². The Labute approximate surface area is 123 Å². The molecule has 1 N–H and O–H groups in total. The van der Waals surface area contributed by atoms with Gasteiger partial charge in [0.2, 0.25) is 5.91 Å². The monoisotopic (exact) mass is 292 g/mol. The second-order valence-corrected chi connectivity index (χ2v) is 5.16. The first-order valence-corrected chi connectivity index (χ1v) is 6.98. The zero-order valence-corrected chi connectivity index (χ0v) is 12.3. The molecule has 0 atom stereocenters. The van der Waals surface area contributed by atoms with E-state index >= 15 is 0 Å². The highest BCUT2D eigenvalue weighted by atomic mass is 16.6. The van der Waals surface area contributed by atoms with Crippen LogP contribution in [0.4, 0.5) is 11.4 Å². The van der Waals surface area contributed by atoms with Gasteiger partial charge in [0, 0.05) is 39.3 Å². The fourth-order valence-corrected chi connectivity index (χ4v) is 2.37. The summed E-state index contributed by atoms with van der Waals surface area (Å²) in [5, 5.41) is 14.1. The molecule has 1 saturated heterocycles. The van der Waals surface area contributed by atoms with Crippen molar-refractivity contribution in [1.82, 2.24) is 9.80 Å². The summed E-state index contributed by atoms with van der Waals surface area (Å²) in [5.41, 5.74) is 1.45. The third-order valence-electron chi connectivity index (χ3n) is 3.57. The number of nitrogens with one attached hydrogen (secondary N) is 1. The molecule has 0 spiro atoms. The van der Waals surface area contributed by atoms with Gasteiger partial charge in [-0.25, -0.2) is 0 Å². The third-order valence-corrected chi connectivity index (χ3v) is 3.57. The molecule has 1 amide bonds. The van der Waals surface area contributed by atoms with Gasteiger partial charge >= 0.3 is 0 Å². The van der Waals surface area contributed by atoms with Crippen LogP contribution in [0.1, 0.15) is 12.5 Å². The Balaban J connectivity index is 2.12. The molecule has 1 fully saturated rings. The van der Waals surface area contributed by atoms with E-state index in [4.69, 9.17) is 0 Å². The van der Waals surface area contributed by atoms with Crippen molar-refractivity contribution in [2.45, 2.75) is 13.5 Å². The van der Waals surface area contributed by atoms with E-state index in [1.54, 1.807) is 24.1 Å². The summed E-state index contributed by atoms with van der Waals surface area (Å²) in [6.07, 6.45) is 0. The standard InChI is InChI=1S/C14H20N4O3/c1-3-15-12-5-4-11(8-13(12)18(20)21)9-17-7-6-16(2)14(19)10-17/h4-5,8,15H,3,6-7,9-10H2,1-2H3. The molecule has 0 aliphatic carbocycles. The van der Waals surface area contributed by atoms with Gasteiger partial charge in [-0.2, -0.15) is 0 Å². The summed E-state index contributed by atoms with van der Waals surface area (Å²) >= 11 is 0. The SMILES string of the molecule is CCNc1ccc(CN2CCN(C)C(=O)C2)cc1[N+](=O)[O-]. The number of hydrogen-bond acceptors (Lipinski definition) is 5. The van der Waals surface area contributed by atoms with E-state index in [1.807, 2.05) is 17.9 Å². The molecule has 0 saturated carbocycles. The zero-order chi connectivity index (χ0) is 15.4. The van der Waals surface area contributed by atoms with Gasteiger partial charge in [-0.05, 0) is 18.6 Å². The molecule has 0 radical (unpaired) electrons. The highest BCUT2D eigenvalue weighted by Crippen LogP contribution is 2.26.